The maximum atomic E-state index is 12.5. The summed E-state index contributed by atoms with van der Waals surface area (Å²) in [5.74, 6) is 0.406. The van der Waals surface area contributed by atoms with Crippen molar-refractivity contribution in [1.29, 1.82) is 0 Å². The van der Waals surface area contributed by atoms with Gasteiger partial charge >= 0.3 is 0 Å². The second-order valence-electron chi connectivity index (χ2n) is 7.36. The zero-order valence-electron chi connectivity index (χ0n) is 18.1. The van der Waals surface area contributed by atoms with Crippen LogP contribution in [0.15, 0.2) is 77.9 Å². The number of nitrogens with one attached hydrogen (secondary N) is 1. The van der Waals surface area contributed by atoms with Crippen LogP contribution in [0.5, 0.6) is 17.2 Å². The predicted octanol–water partition coefficient (Wildman–Crippen LogP) is 6.20. The van der Waals surface area contributed by atoms with E-state index in [1.165, 1.54) is 13.3 Å². The van der Waals surface area contributed by atoms with Gasteiger partial charge in [0.1, 0.15) is 12.4 Å². The molecule has 0 unspecified atom stereocenters. The van der Waals surface area contributed by atoms with Gasteiger partial charge in [-0.25, -0.2) is 5.43 Å². The highest BCUT2D eigenvalue weighted by Crippen LogP contribution is 2.29. The fraction of sp³-hybridized carbons (Fsp3) is 0.0769. The van der Waals surface area contributed by atoms with Crippen LogP contribution in [0.3, 0.4) is 0 Å². The molecule has 1 amide bonds. The minimum Gasteiger partial charge on any atom is -0.507 e. The number of rotatable bonds is 7. The summed E-state index contributed by atoms with van der Waals surface area (Å²) in [6, 6.07) is 21.2. The Morgan fingerprint density at radius 3 is 2.47 bits per heavy atom. The Kier molecular flexibility index (Phi) is 7.21. The first kappa shape index (κ1) is 23.4. The molecule has 0 atom stereocenters. The minimum atomic E-state index is -0.520. The molecule has 6 nitrogen and oxygen atoms in total. The second-order valence-corrected chi connectivity index (χ2v) is 8.18. The molecule has 0 aliphatic carbocycles. The van der Waals surface area contributed by atoms with Crippen molar-refractivity contribution in [2.45, 2.75) is 6.61 Å². The largest absolute Gasteiger partial charge is 0.507 e. The van der Waals surface area contributed by atoms with E-state index in [0.29, 0.717) is 27.1 Å². The highest BCUT2D eigenvalue weighted by molar-refractivity contribution is 6.42. The molecule has 172 valence electrons. The summed E-state index contributed by atoms with van der Waals surface area (Å²) in [6.45, 7) is 0.284. The number of aromatic hydroxyl groups is 1. The standard InChI is InChI=1S/C26H20Cl2N2O4/c1-33-25-11-16(7-9-24(25)34-15-17-6-8-21(27)22(28)10-17)14-29-30-26(32)20-12-18-4-2-3-5-19(18)13-23(20)31/h2-14,31H,15H2,1H3,(H,30,32). The van der Waals surface area contributed by atoms with Crippen molar-refractivity contribution in [3.63, 3.8) is 0 Å². The highest BCUT2D eigenvalue weighted by atomic mass is 35.5. The van der Waals surface area contributed by atoms with Crippen molar-refractivity contribution < 1.29 is 19.4 Å². The number of hydrogen-bond donors (Lipinski definition) is 2. The lowest BCUT2D eigenvalue weighted by Crippen LogP contribution is -2.17. The van der Waals surface area contributed by atoms with Crippen molar-refractivity contribution in [3.8, 4) is 17.2 Å². The van der Waals surface area contributed by atoms with Gasteiger partial charge in [-0.2, -0.15) is 5.10 Å². The van der Waals surface area contributed by atoms with E-state index in [9.17, 15) is 9.90 Å². The SMILES string of the molecule is COc1cc(C=NNC(=O)c2cc3ccccc3cc2O)ccc1OCc1ccc(Cl)c(Cl)c1. The number of nitrogens with zero attached hydrogens (tertiary/aromatic N) is 1. The number of phenols is 1. The number of amides is 1. The zero-order chi connectivity index (χ0) is 24.1. The molecule has 0 aliphatic rings. The van der Waals surface area contributed by atoms with Crippen LogP contribution in [0, 0.1) is 0 Å². The quantitative estimate of drug-likeness (QED) is 0.236. The van der Waals surface area contributed by atoms with Crippen LogP contribution >= 0.6 is 23.2 Å². The molecule has 0 heterocycles. The van der Waals surface area contributed by atoms with E-state index in [4.69, 9.17) is 32.7 Å². The van der Waals surface area contributed by atoms with Crippen LogP contribution < -0.4 is 14.9 Å². The van der Waals surface area contributed by atoms with Gasteiger partial charge in [-0.15, -0.1) is 0 Å². The van der Waals surface area contributed by atoms with Gasteiger partial charge in [0, 0.05) is 0 Å². The van der Waals surface area contributed by atoms with E-state index in [0.717, 1.165) is 16.3 Å². The highest BCUT2D eigenvalue weighted by Gasteiger charge is 2.12. The average Bonchev–Trinajstić information content (AvgIpc) is 2.84. The summed E-state index contributed by atoms with van der Waals surface area (Å²) in [5.41, 5.74) is 4.12. The topological polar surface area (TPSA) is 80.2 Å². The number of halogens is 2. The van der Waals surface area contributed by atoms with Gasteiger partial charge in [0.2, 0.25) is 0 Å². The van der Waals surface area contributed by atoms with Gasteiger partial charge in [-0.1, -0.05) is 53.5 Å². The summed E-state index contributed by atoms with van der Waals surface area (Å²) in [7, 11) is 1.53. The Labute approximate surface area is 206 Å². The van der Waals surface area contributed by atoms with Gasteiger partial charge in [0.25, 0.3) is 5.91 Å². The smallest absolute Gasteiger partial charge is 0.275 e. The van der Waals surface area contributed by atoms with E-state index >= 15 is 0 Å². The Morgan fingerprint density at radius 1 is 0.971 bits per heavy atom. The van der Waals surface area contributed by atoms with Gasteiger partial charge < -0.3 is 14.6 Å². The van der Waals surface area contributed by atoms with E-state index in [2.05, 4.69) is 10.5 Å². The molecule has 0 fully saturated rings. The average molecular weight is 495 g/mol. The molecule has 0 spiro atoms. The van der Waals surface area contributed by atoms with Crippen molar-refractivity contribution in [2.75, 3.05) is 7.11 Å². The summed E-state index contributed by atoms with van der Waals surface area (Å²) in [4.78, 5) is 12.5. The molecule has 4 rings (SSSR count). The molecule has 0 aliphatic heterocycles. The fourth-order valence-electron chi connectivity index (χ4n) is 3.31. The Hall–Kier alpha value is -3.74. The Balaban J connectivity index is 1.42. The van der Waals surface area contributed by atoms with Crippen molar-refractivity contribution in [1.82, 2.24) is 5.43 Å². The van der Waals surface area contributed by atoms with E-state index in [1.54, 1.807) is 42.5 Å². The Bertz CT molecular complexity index is 1390. The molecule has 0 saturated heterocycles. The maximum absolute atomic E-state index is 12.5. The number of benzene rings is 4. The summed E-state index contributed by atoms with van der Waals surface area (Å²) in [5, 5.41) is 16.8. The van der Waals surface area contributed by atoms with Gasteiger partial charge in [-0.05, 0) is 64.4 Å². The number of hydrazone groups is 1. The first-order valence-electron chi connectivity index (χ1n) is 10.2. The fourth-order valence-corrected chi connectivity index (χ4v) is 3.63. The summed E-state index contributed by atoms with van der Waals surface area (Å²) in [6.07, 6.45) is 1.47. The molecule has 4 aromatic carbocycles. The molecule has 2 N–H and O–H groups in total. The molecule has 34 heavy (non-hydrogen) atoms. The molecule has 0 radical (unpaired) electrons. The third-order valence-electron chi connectivity index (χ3n) is 5.05. The molecular formula is C26H20Cl2N2O4. The first-order chi connectivity index (χ1) is 16.4. The first-order valence-corrected chi connectivity index (χ1v) is 11.0. The van der Waals surface area contributed by atoms with E-state index in [1.807, 2.05) is 30.3 Å². The molecule has 0 aromatic heterocycles. The van der Waals surface area contributed by atoms with Crippen molar-refractivity contribution in [2.24, 2.45) is 5.10 Å². The molecular weight excluding hydrogens is 475 g/mol. The third-order valence-corrected chi connectivity index (χ3v) is 5.79. The van der Waals surface area contributed by atoms with Crippen LogP contribution in [0.25, 0.3) is 10.8 Å². The van der Waals surface area contributed by atoms with Crippen molar-refractivity contribution >= 4 is 46.1 Å². The number of ether oxygens (including phenoxy) is 2. The lowest BCUT2D eigenvalue weighted by molar-refractivity contribution is 0.0952. The lowest BCUT2D eigenvalue weighted by Gasteiger charge is -2.12. The van der Waals surface area contributed by atoms with Gasteiger partial charge in [0.15, 0.2) is 11.5 Å². The van der Waals surface area contributed by atoms with Gasteiger partial charge in [0.05, 0.1) is 28.9 Å². The number of fused-ring (bicyclic) bond motifs is 1. The number of hydrogen-bond acceptors (Lipinski definition) is 5. The van der Waals surface area contributed by atoms with Crippen LogP contribution in [-0.2, 0) is 6.61 Å². The lowest BCUT2D eigenvalue weighted by atomic mass is 10.1. The number of carbonyl (C=O) groups is 1. The maximum Gasteiger partial charge on any atom is 0.275 e. The zero-order valence-corrected chi connectivity index (χ0v) is 19.6. The van der Waals surface area contributed by atoms with Crippen molar-refractivity contribution in [3.05, 3.63) is 99.5 Å². The minimum absolute atomic E-state index is 0.114. The van der Waals surface area contributed by atoms with Crippen LogP contribution in [0.2, 0.25) is 10.0 Å². The normalized spacial score (nSPS) is 11.0. The van der Waals surface area contributed by atoms with E-state index in [-0.39, 0.29) is 17.9 Å². The second kappa shape index (κ2) is 10.5. The third kappa shape index (κ3) is 5.42. The van der Waals surface area contributed by atoms with Crippen LogP contribution in [0.4, 0.5) is 0 Å². The van der Waals surface area contributed by atoms with E-state index < -0.39 is 5.91 Å². The monoisotopic (exact) mass is 494 g/mol. The van der Waals surface area contributed by atoms with Crippen LogP contribution in [-0.4, -0.2) is 24.3 Å². The summed E-state index contributed by atoms with van der Waals surface area (Å²) < 4.78 is 11.3. The molecule has 4 aromatic rings. The van der Waals surface area contributed by atoms with Crippen LogP contribution in [0.1, 0.15) is 21.5 Å². The van der Waals surface area contributed by atoms with Gasteiger partial charge in [-0.3, -0.25) is 4.79 Å². The Morgan fingerprint density at radius 2 is 1.74 bits per heavy atom. The molecule has 8 heteroatoms. The molecule has 0 saturated carbocycles. The predicted molar refractivity (Wildman–Crippen MR) is 134 cm³/mol. The summed E-state index contributed by atoms with van der Waals surface area (Å²) >= 11 is 12.0. The number of phenolic OH excluding ortho intramolecular Hbond substituents is 1. The number of carbonyl (C=O) groups excluding carboxylic acids is 1. The molecule has 0 bridgehead atoms. The number of methoxy groups -OCH3 is 1.